The number of amides is 1. The van der Waals surface area contributed by atoms with Crippen molar-refractivity contribution in [3.05, 3.63) is 132 Å². The van der Waals surface area contributed by atoms with Crippen LogP contribution in [0.15, 0.2) is 109 Å². The molecule has 0 saturated carbocycles. The van der Waals surface area contributed by atoms with Crippen molar-refractivity contribution < 1.29 is 14.3 Å². The number of anilines is 2. The molecule has 44 heavy (non-hydrogen) atoms. The zero-order chi connectivity index (χ0) is 30.6. The molecule has 2 N–H and O–H groups in total. The Hall–Kier alpha value is -5.15. The van der Waals surface area contributed by atoms with Crippen molar-refractivity contribution in [2.75, 3.05) is 23.9 Å². The Kier molecular flexibility index (Phi) is 8.29. The molecule has 1 saturated heterocycles. The number of nitrogens with one attached hydrogen (secondary N) is 2. The molecule has 9 heteroatoms. The van der Waals surface area contributed by atoms with Gasteiger partial charge in [-0.25, -0.2) is 0 Å². The van der Waals surface area contributed by atoms with Crippen molar-refractivity contribution in [3.8, 4) is 17.2 Å². The van der Waals surface area contributed by atoms with Gasteiger partial charge in [-0.05, 0) is 98.4 Å². The Morgan fingerprint density at radius 3 is 2.39 bits per heavy atom. The average Bonchev–Trinajstić information content (AvgIpc) is 3.55. The van der Waals surface area contributed by atoms with Crippen LogP contribution in [0.1, 0.15) is 34.7 Å². The molecule has 2 unspecified atom stereocenters. The number of methoxy groups -OCH3 is 1. The summed E-state index contributed by atoms with van der Waals surface area (Å²) in [7, 11) is 1.68. The summed E-state index contributed by atoms with van der Waals surface area (Å²) in [4.78, 5) is 19.4. The van der Waals surface area contributed by atoms with Crippen molar-refractivity contribution in [1.29, 1.82) is 0 Å². The number of aryl methyl sites for hydroxylation is 1. The number of rotatable bonds is 9. The van der Waals surface area contributed by atoms with Gasteiger partial charge in [0.2, 0.25) is 0 Å². The number of aromatic nitrogens is 2. The van der Waals surface area contributed by atoms with E-state index < -0.39 is 0 Å². The van der Waals surface area contributed by atoms with Gasteiger partial charge in [0.1, 0.15) is 11.5 Å². The third kappa shape index (κ3) is 5.87. The fourth-order valence-electron chi connectivity index (χ4n) is 5.75. The van der Waals surface area contributed by atoms with E-state index >= 15 is 0 Å². The summed E-state index contributed by atoms with van der Waals surface area (Å²) < 4.78 is 13.3. The molecular formula is C35H33N5O3S. The summed E-state index contributed by atoms with van der Waals surface area (Å²) in [6, 6.07) is 32.8. The van der Waals surface area contributed by atoms with Crippen LogP contribution < -0.4 is 25.0 Å². The van der Waals surface area contributed by atoms with Gasteiger partial charge in [0, 0.05) is 40.7 Å². The fraction of sp³-hybridized carbons (Fsp3) is 0.171. The van der Waals surface area contributed by atoms with Gasteiger partial charge in [0.25, 0.3) is 5.91 Å². The summed E-state index contributed by atoms with van der Waals surface area (Å²) in [5.74, 6) is 1.21. The van der Waals surface area contributed by atoms with Gasteiger partial charge in [-0.15, -0.1) is 0 Å². The molecule has 1 fully saturated rings. The van der Waals surface area contributed by atoms with E-state index in [-0.39, 0.29) is 24.6 Å². The average molecular weight is 604 g/mol. The molecule has 0 aliphatic carbocycles. The summed E-state index contributed by atoms with van der Waals surface area (Å²) >= 11 is 5.95. The number of benzene rings is 3. The minimum atomic E-state index is -0.238. The van der Waals surface area contributed by atoms with Crippen LogP contribution in [0.4, 0.5) is 11.4 Å². The molecule has 2 aromatic heterocycles. The van der Waals surface area contributed by atoms with Crippen LogP contribution in [0.25, 0.3) is 5.69 Å². The lowest BCUT2D eigenvalue weighted by Crippen LogP contribution is -2.29. The molecule has 0 bridgehead atoms. The molecule has 8 nitrogen and oxygen atoms in total. The molecule has 1 aliphatic rings. The molecule has 6 rings (SSSR count). The maximum Gasteiger partial charge on any atom is 0.262 e. The van der Waals surface area contributed by atoms with Gasteiger partial charge in [-0.2, -0.15) is 0 Å². The Labute approximate surface area is 262 Å². The van der Waals surface area contributed by atoms with Gasteiger partial charge in [-0.1, -0.05) is 30.3 Å². The van der Waals surface area contributed by atoms with Crippen LogP contribution in [-0.2, 0) is 4.79 Å². The number of carbonyl (C=O) groups is 1. The van der Waals surface area contributed by atoms with Crippen molar-refractivity contribution in [1.82, 2.24) is 14.9 Å². The number of para-hydroxylation sites is 1. The van der Waals surface area contributed by atoms with Crippen LogP contribution in [0.3, 0.4) is 0 Å². The number of pyridine rings is 1. The second kappa shape index (κ2) is 12.6. The van der Waals surface area contributed by atoms with E-state index in [0.717, 1.165) is 39.8 Å². The largest absolute Gasteiger partial charge is 0.497 e. The highest BCUT2D eigenvalue weighted by Gasteiger charge is 2.42. The predicted octanol–water partition coefficient (Wildman–Crippen LogP) is 6.69. The highest BCUT2D eigenvalue weighted by molar-refractivity contribution is 7.80. The smallest absolute Gasteiger partial charge is 0.262 e. The monoisotopic (exact) mass is 603 g/mol. The number of nitrogens with zero attached hydrogens (tertiary/aromatic N) is 3. The zero-order valence-electron chi connectivity index (χ0n) is 24.7. The minimum Gasteiger partial charge on any atom is -0.497 e. The normalized spacial score (nSPS) is 16.0. The lowest BCUT2D eigenvalue weighted by molar-refractivity contribution is -0.118. The minimum absolute atomic E-state index is 0.0807. The second-order valence-electron chi connectivity index (χ2n) is 10.6. The molecule has 0 spiro atoms. The van der Waals surface area contributed by atoms with Crippen LogP contribution in [0.5, 0.6) is 11.5 Å². The molecule has 3 aromatic carbocycles. The van der Waals surface area contributed by atoms with E-state index in [4.69, 9.17) is 26.7 Å². The Morgan fingerprint density at radius 1 is 0.909 bits per heavy atom. The standard InChI is InChI=1S/C35H33N5O3S/c1-23-20-30(24(2)39(23)27-10-9-13-29(21-27)42-3)34-33(31-14-7-8-19-36-31)38-35(44)40(34)26-17-15-25(16-18-26)37-32(41)22-43-28-11-5-4-6-12-28/h4-21,33-34H,22H2,1-3H3,(H,37,41)(H,38,44). The first-order valence-electron chi connectivity index (χ1n) is 14.3. The molecule has 222 valence electrons. The summed E-state index contributed by atoms with van der Waals surface area (Å²) in [5.41, 5.74) is 6.81. The lowest BCUT2D eigenvalue weighted by atomic mass is 9.96. The molecule has 2 atom stereocenters. The number of carbonyl (C=O) groups excluding carboxylic acids is 1. The van der Waals surface area contributed by atoms with Crippen LogP contribution in [-0.4, -0.2) is 34.3 Å². The fourth-order valence-corrected chi connectivity index (χ4v) is 6.10. The molecule has 5 aromatic rings. The molecule has 3 heterocycles. The van der Waals surface area contributed by atoms with Crippen LogP contribution in [0, 0.1) is 13.8 Å². The van der Waals surface area contributed by atoms with Gasteiger partial charge in [0.15, 0.2) is 11.7 Å². The summed E-state index contributed by atoms with van der Waals surface area (Å²) in [5, 5.41) is 7.05. The Balaban J connectivity index is 1.31. The first-order chi connectivity index (χ1) is 21.4. The first kappa shape index (κ1) is 28.9. The van der Waals surface area contributed by atoms with Crippen LogP contribution in [0.2, 0.25) is 0 Å². The summed E-state index contributed by atoms with van der Waals surface area (Å²) in [6.07, 6.45) is 1.80. The second-order valence-corrected chi connectivity index (χ2v) is 10.9. The maximum atomic E-state index is 12.6. The zero-order valence-corrected chi connectivity index (χ0v) is 25.5. The van der Waals surface area contributed by atoms with Gasteiger partial charge in [0.05, 0.1) is 24.9 Å². The highest BCUT2D eigenvalue weighted by Crippen LogP contribution is 2.44. The Bertz CT molecular complexity index is 1770. The number of hydrogen-bond acceptors (Lipinski definition) is 5. The van der Waals surface area contributed by atoms with E-state index in [1.165, 1.54) is 0 Å². The van der Waals surface area contributed by atoms with Crippen molar-refractivity contribution in [3.63, 3.8) is 0 Å². The summed E-state index contributed by atoms with van der Waals surface area (Å²) in [6.45, 7) is 4.16. The van der Waals surface area contributed by atoms with E-state index in [1.807, 2.05) is 91.0 Å². The van der Waals surface area contributed by atoms with Crippen LogP contribution >= 0.6 is 12.2 Å². The molecule has 0 radical (unpaired) electrons. The molecule has 1 aliphatic heterocycles. The van der Waals surface area contributed by atoms with E-state index in [2.05, 4.69) is 46.1 Å². The number of thiocarbonyl (C=S) groups is 1. The maximum absolute atomic E-state index is 12.6. The quantitative estimate of drug-likeness (QED) is 0.182. The Morgan fingerprint density at radius 2 is 1.66 bits per heavy atom. The van der Waals surface area contributed by atoms with Gasteiger partial charge < -0.3 is 29.6 Å². The molecular weight excluding hydrogens is 570 g/mol. The van der Waals surface area contributed by atoms with Crippen molar-refractivity contribution in [2.45, 2.75) is 25.9 Å². The van der Waals surface area contributed by atoms with E-state index in [0.29, 0.717) is 16.5 Å². The number of ether oxygens (including phenoxy) is 2. The topological polar surface area (TPSA) is 80.7 Å². The molecule has 1 amide bonds. The van der Waals surface area contributed by atoms with E-state index in [1.54, 1.807) is 13.3 Å². The lowest BCUT2D eigenvalue weighted by Gasteiger charge is -2.28. The van der Waals surface area contributed by atoms with Crippen molar-refractivity contribution in [2.24, 2.45) is 0 Å². The van der Waals surface area contributed by atoms with Crippen molar-refractivity contribution >= 4 is 34.6 Å². The predicted molar refractivity (Wildman–Crippen MR) is 177 cm³/mol. The third-order valence-electron chi connectivity index (χ3n) is 7.74. The van der Waals surface area contributed by atoms with Gasteiger partial charge >= 0.3 is 0 Å². The number of hydrogen-bond donors (Lipinski definition) is 2. The van der Waals surface area contributed by atoms with E-state index in [9.17, 15) is 4.79 Å². The first-order valence-corrected chi connectivity index (χ1v) is 14.8. The highest BCUT2D eigenvalue weighted by atomic mass is 32.1. The van der Waals surface area contributed by atoms with Gasteiger partial charge in [-0.3, -0.25) is 9.78 Å². The SMILES string of the molecule is COc1cccc(-n2c(C)cc(C3C(c4ccccn4)NC(=S)N3c3ccc(NC(=O)COc4ccccc4)cc3)c2C)c1. The third-order valence-corrected chi connectivity index (χ3v) is 8.06.